The molecule has 1 N–H and O–H groups in total. The third kappa shape index (κ3) is 16.0. The van der Waals surface area contributed by atoms with Crippen molar-refractivity contribution in [3.63, 3.8) is 0 Å². The van der Waals surface area contributed by atoms with Crippen LogP contribution in [0.3, 0.4) is 0 Å². The molecular weight excluding hydrogens is 582 g/mol. The molecule has 1 aliphatic carbocycles. The number of benzene rings is 2. The van der Waals surface area contributed by atoms with E-state index in [2.05, 4.69) is 37.3 Å². The van der Waals surface area contributed by atoms with Gasteiger partial charge in [-0.05, 0) is 92.8 Å². The Morgan fingerprint density at radius 2 is 1.46 bits per heavy atom. The molecule has 3 rings (SSSR count). The smallest absolute Gasteiger partial charge is 0.494 e. The largest absolute Gasteiger partial charge is 0.505 e. The number of carbonyl (C=O) groups excluding carboxylic acids is 2. The van der Waals surface area contributed by atoms with Crippen LogP contribution in [0.15, 0.2) is 60.7 Å². The van der Waals surface area contributed by atoms with E-state index in [-0.39, 0.29) is 25.0 Å². The Labute approximate surface area is 277 Å². The number of ether oxygens (including phenoxy) is 3. The highest BCUT2D eigenvalue weighted by Gasteiger charge is 2.22. The van der Waals surface area contributed by atoms with Gasteiger partial charge < -0.3 is 24.2 Å². The number of hydrogen-bond donors (Lipinski definition) is 1. The van der Waals surface area contributed by atoms with Crippen LogP contribution in [0, 0.1) is 5.92 Å². The molecule has 46 heavy (non-hydrogen) atoms. The summed E-state index contributed by atoms with van der Waals surface area (Å²) in [5, 5.41) is 8.13. The molecule has 1 amide bonds. The molecule has 8 nitrogen and oxygen atoms in total. The minimum atomic E-state index is -1.34. The van der Waals surface area contributed by atoms with Crippen molar-refractivity contribution in [3.05, 3.63) is 71.8 Å². The summed E-state index contributed by atoms with van der Waals surface area (Å²) >= 11 is 0. The zero-order chi connectivity index (χ0) is 34.3. The number of amides is 1. The number of esters is 1. The normalized spacial score (nSPS) is 15.2. The number of nitrogens with zero attached hydrogens (tertiary/aromatic N) is 1. The predicted octanol–water partition coefficient (Wildman–Crippen LogP) is 9.68. The topological polar surface area (TPSA) is 102 Å². The van der Waals surface area contributed by atoms with E-state index in [1.54, 1.807) is 26.1 Å². The lowest BCUT2D eigenvalue weighted by molar-refractivity contribution is -0.126. The fraction of sp³-hybridized carbons (Fsp3) is 0.553. The van der Waals surface area contributed by atoms with Gasteiger partial charge in [0.1, 0.15) is 18.1 Å². The molecule has 256 valence electrons. The number of rotatable bonds is 15. The summed E-state index contributed by atoms with van der Waals surface area (Å²) in [6.45, 7) is 14.5. The molecule has 0 bridgehead atoms. The van der Waals surface area contributed by atoms with E-state index in [4.69, 9.17) is 14.6 Å². The van der Waals surface area contributed by atoms with Crippen LogP contribution in [-0.2, 0) is 9.53 Å². The number of carboxylic acid groups (broad SMARTS) is 1. The van der Waals surface area contributed by atoms with Gasteiger partial charge in [-0.15, -0.1) is 0 Å². The summed E-state index contributed by atoms with van der Waals surface area (Å²) in [6.07, 6.45) is 11.3. The fourth-order valence-corrected chi connectivity index (χ4v) is 5.27. The molecule has 0 radical (unpaired) electrons. The molecule has 0 spiro atoms. The number of likely N-dealkylation sites (N-methyl/N-ethyl adjacent to an activating group) is 1. The molecular formula is C38H57NO7. The van der Waals surface area contributed by atoms with Gasteiger partial charge in [0, 0.05) is 12.6 Å². The second-order valence-corrected chi connectivity index (χ2v) is 11.5. The molecule has 2 aromatic rings. The van der Waals surface area contributed by atoms with Crippen molar-refractivity contribution in [3.8, 4) is 11.5 Å². The Morgan fingerprint density at radius 3 is 2.00 bits per heavy atom. The lowest BCUT2D eigenvalue weighted by Crippen LogP contribution is -2.30. The van der Waals surface area contributed by atoms with Crippen LogP contribution in [0.5, 0.6) is 11.5 Å². The van der Waals surface area contributed by atoms with Crippen LogP contribution < -0.4 is 9.47 Å². The van der Waals surface area contributed by atoms with E-state index in [0.717, 1.165) is 24.7 Å². The number of unbranched alkanes of at least 4 members (excludes halogenated alkanes) is 3. The predicted molar refractivity (Wildman–Crippen MR) is 185 cm³/mol. The molecule has 0 heterocycles. The quantitative estimate of drug-likeness (QED) is 0.0896. The number of hydrogen-bond acceptors (Lipinski definition) is 6. The lowest BCUT2D eigenvalue weighted by Gasteiger charge is -2.28. The molecule has 1 saturated carbocycles. The average molecular weight is 640 g/mol. The first-order valence-corrected chi connectivity index (χ1v) is 17.0. The van der Waals surface area contributed by atoms with E-state index in [1.807, 2.05) is 38.1 Å². The van der Waals surface area contributed by atoms with Crippen molar-refractivity contribution < 1.29 is 33.7 Å². The molecule has 1 aliphatic rings. The van der Waals surface area contributed by atoms with Gasteiger partial charge in [-0.3, -0.25) is 4.79 Å². The minimum absolute atomic E-state index is 0.0230. The van der Waals surface area contributed by atoms with Gasteiger partial charge in [0.2, 0.25) is 5.91 Å². The van der Waals surface area contributed by atoms with Crippen LogP contribution in [0.4, 0.5) is 4.79 Å². The Bertz CT molecular complexity index is 1150. The maximum Gasteiger partial charge on any atom is 0.505 e. The van der Waals surface area contributed by atoms with Crippen molar-refractivity contribution in [1.82, 2.24) is 4.90 Å². The fourth-order valence-electron chi connectivity index (χ4n) is 5.27. The summed E-state index contributed by atoms with van der Waals surface area (Å²) < 4.78 is 15.6. The van der Waals surface area contributed by atoms with Gasteiger partial charge >= 0.3 is 12.1 Å². The van der Waals surface area contributed by atoms with Crippen LogP contribution >= 0.6 is 0 Å². The molecule has 8 heteroatoms. The van der Waals surface area contributed by atoms with E-state index in [9.17, 15) is 14.4 Å². The standard InChI is InChI=1S/C28H38O3.C8H13NO4.C2H6/c1-3-5-6-7-21-30-26-17-15-25(16-18-26)28(29)31-27-19-13-24(14-20-27)23-11-9-22(8-4-2)10-12-23;1-6(2)7(10)9(3)4-5-13-8(11)12;1-2/h13-20,22-23H,3-12,21H2,1-2H3;1,4-5H2,2-3H3,(H,11,12);1-2H3. The average Bonchev–Trinajstić information content (AvgIpc) is 3.06. The highest BCUT2D eigenvalue weighted by atomic mass is 16.7. The van der Waals surface area contributed by atoms with E-state index in [1.165, 1.54) is 68.3 Å². The molecule has 0 aliphatic heterocycles. The first-order chi connectivity index (χ1) is 22.1. The Kier molecular flexibility index (Phi) is 20.6. The van der Waals surface area contributed by atoms with Crippen molar-refractivity contribution in [2.75, 3.05) is 26.8 Å². The van der Waals surface area contributed by atoms with Gasteiger partial charge in [0.05, 0.1) is 18.7 Å². The summed E-state index contributed by atoms with van der Waals surface area (Å²) in [5.41, 5.74) is 2.32. The van der Waals surface area contributed by atoms with Crippen LogP contribution in [0.2, 0.25) is 0 Å². The van der Waals surface area contributed by atoms with Gasteiger partial charge in [-0.25, -0.2) is 9.59 Å². The van der Waals surface area contributed by atoms with Gasteiger partial charge in [0.15, 0.2) is 0 Å². The Balaban J connectivity index is 0.000000595. The zero-order valence-corrected chi connectivity index (χ0v) is 29.0. The molecule has 0 atom stereocenters. The highest BCUT2D eigenvalue weighted by molar-refractivity contribution is 5.92. The maximum atomic E-state index is 12.5. The Hall–Kier alpha value is -3.81. The molecule has 0 aromatic heterocycles. The molecule has 2 aromatic carbocycles. The summed E-state index contributed by atoms with van der Waals surface area (Å²) in [5.74, 6) is 2.42. The highest BCUT2D eigenvalue weighted by Crippen LogP contribution is 2.37. The van der Waals surface area contributed by atoms with Crippen LogP contribution in [-0.4, -0.2) is 54.8 Å². The van der Waals surface area contributed by atoms with Crippen molar-refractivity contribution in [2.45, 2.75) is 105 Å². The van der Waals surface area contributed by atoms with Crippen molar-refractivity contribution >= 4 is 18.0 Å². The monoisotopic (exact) mass is 639 g/mol. The first-order valence-electron chi connectivity index (χ1n) is 17.0. The second-order valence-electron chi connectivity index (χ2n) is 11.5. The van der Waals surface area contributed by atoms with E-state index >= 15 is 0 Å². The van der Waals surface area contributed by atoms with E-state index < -0.39 is 6.16 Å². The van der Waals surface area contributed by atoms with Crippen molar-refractivity contribution in [1.29, 1.82) is 0 Å². The van der Waals surface area contributed by atoms with Crippen LogP contribution in [0.1, 0.15) is 121 Å². The molecule has 1 fully saturated rings. The minimum Gasteiger partial charge on any atom is -0.494 e. The lowest BCUT2D eigenvalue weighted by atomic mass is 9.77. The van der Waals surface area contributed by atoms with E-state index in [0.29, 0.717) is 22.8 Å². The Morgan fingerprint density at radius 1 is 0.848 bits per heavy atom. The third-order valence-electron chi connectivity index (χ3n) is 7.83. The van der Waals surface area contributed by atoms with Gasteiger partial charge in [-0.2, -0.15) is 0 Å². The van der Waals surface area contributed by atoms with Gasteiger partial charge in [-0.1, -0.05) is 78.5 Å². The summed E-state index contributed by atoms with van der Waals surface area (Å²) in [6, 6.07) is 15.3. The first kappa shape index (κ1) is 40.2. The number of carbonyl (C=O) groups is 3. The molecule has 0 saturated heterocycles. The maximum absolute atomic E-state index is 12.5. The molecule has 0 unspecified atom stereocenters. The summed E-state index contributed by atoms with van der Waals surface area (Å²) in [4.78, 5) is 34.9. The van der Waals surface area contributed by atoms with Crippen molar-refractivity contribution in [2.24, 2.45) is 5.92 Å². The SMILES string of the molecule is C=C(C)C(=O)N(C)CCOC(=O)O.CC.CCCCCCOc1ccc(C(=O)Oc2ccc(C3CCC(CCC)CC3)cc2)cc1. The second kappa shape index (κ2) is 23.5. The van der Waals surface area contributed by atoms with Crippen LogP contribution in [0.25, 0.3) is 0 Å². The van der Waals surface area contributed by atoms with Gasteiger partial charge in [0.25, 0.3) is 0 Å². The zero-order valence-electron chi connectivity index (χ0n) is 29.0. The summed E-state index contributed by atoms with van der Waals surface area (Å²) in [7, 11) is 1.56. The third-order valence-corrected chi connectivity index (χ3v) is 7.83.